The molecule has 9 heteroatoms. The Labute approximate surface area is 223 Å². The summed E-state index contributed by atoms with van der Waals surface area (Å²) in [6.07, 6.45) is 1.79. The second kappa shape index (κ2) is 10.7. The molecule has 0 saturated carbocycles. The van der Waals surface area contributed by atoms with Gasteiger partial charge in [-0.25, -0.2) is 8.96 Å². The van der Waals surface area contributed by atoms with Crippen LogP contribution in [0.3, 0.4) is 0 Å². The van der Waals surface area contributed by atoms with Crippen molar-refractivity contribution in [2.75, 3.05) is 14.1 Å². The molecule has 37 heavy (non-hydrogen) atoms. The van der Waals surface area contributed by atoms with Crippen molar-refractivity contribution in [2.45, 2.75) is 71.7 Å². The summed E-state index contributed by atoms with van der Waals surface area (Å²) in [7, 11) is -3.19. The third-order valence-corrected chi connectivity index (χ3v) is 14.5. The van der Waals surface area contributed by atoms with E-state index in [2.05, 4.69) is 33.9 Å². The molecule has 0 amide bonds. The van der Waals surface area contributed by atoms with Crippen molar-refractivity contribution in [2.24, 2.45) is 0 Å². The van der Waals surface area contributed by atoms with Crippen LogP contribution in [0.15, 0.2) is 48.7 Å². The number of para-hydroxylation sites is 1. The van der Waals surface area contributed by atoms with Crippen molar-refractivity contribution in [3.8, 4) is 11.5 Å². The number of benzene rings is 2. The lowest BCUT2D eigenvalue weighted by Gasteiger charge is -2.36. The van der Waals surface area contributed by atoms with Crippen molar-refractivity contribution in [3.63, 3.8) is 0 Å². The van der Waals surface area contributed by atoms with E-state index in [1.165, 1.54) is 28.6 Å². The van der Waals surface area contributed by atoms with Crippen LogP contribution in [0.25, 0.3) is 0 Å². The fourth-order valence-corrected chi connectivity index (χ4v) is 7.71. The first kappa shape index (κ1) is 29.1. The van der Waals surface area contributed by atoms with Gasteiger partial charge in [-0.1, -0.05) is 65.9 Å². The summed E-state index contributed by atoms with van der Waals surface area (Å²) >= 11 is 0. The highest BCUT2D eigenvalue weighted by Crippen LogP contribution is 2.37. The van der Waals surface area contributed by atoms with Gasteiger partial charge in [0.2, 0.25) is 0 Å². The van der Waals surface area contributed by atoms with Crippen molar-refractivity contribution < 1.29 is 18.3 Å². The number of aryl methyl sites for hydroxylation is 2. The van der Waals surface area contributed by atoms with Crippen LogP contribution in [-0.4, -0.2) is 49.0 Å². The maximum absolute atomic E-state index is 13.3. The number of ether oxygens (including phenoxy) is 1. The van der Waals surface area contributed by atoms with Crippen molar-refractivity contribution in [1.82, 2.24) is 13.3 Å². The van der Waals surface area contributed by atoms with Crippen molar-refractivity contribution in [1.29, 1.82) is 0 Å². The molecule has 1 unspecified atom stereocenters. The largest absolute Gasteiger partial charge is 0.457 e. The molecule has 202 valence electrons. The molecule has 0 bridgehead atoms. The van der Waals surface area contributed by atoms with E-state index in [0.29, 0.717) is 29.7 Å². The van der Waals surface area contributed by atoms with Crippen LogP contribution in [0.2, 0.25) is 18.1 Å². The Morgan fingerprint density at radius 2 is 1.57 bits per heavy atom. The number of hydrogen-bond donors (Lipinski definition) is 1. The lowest BCUT2D eigenvalue weighted by molar-refractivity contribution is 0.213. The van der Waals surface area contributed by atoms with E-state index in [4.69, 9.17) is 9.72 Å². The summed E-state index contributed by atoms with van der Waals surface area (Å²) in [5.41, 5.74) is 3.52. The number of aromatic nitrogens is 2. The molecule has 2 aromatic carbocycles. The maximum atomic E-state index is 13.3. The highest BCUT2D eigenvalue weighted by atomic mass is 32.2. The Balaban J connectivity index is 2.18. The Hall–Kier alpha value is -2.46. The van der Waals surface area contributed by atoms with Gasteiger partial charge in [0.1, 0.15) is 31.1 Å². The fraction of sp³-hybridized carbons (Fsp3) is 0.464. The predicted molar refractivity (Wildman–Crippen MR) is 153 cm³/mol. The topological polar surface area (TPSA) is 84.7 Å². The molecule has 0 aliphatic heterocycles. The van der Waals surface area contributed by atoms with Crippen LogP contribution in [0.1, 0.15) is 63.1 Å². The van der Waals surface area contributed by atoms with E-state index < -0.39 is 24.4 Å². The summed E-state index contributed by atoms with van der Waals surface area (Å²) in [6, 6.07) is 13.5. The van der Waals surface area contributed by atoms with E-state index in [1.807, 2.05) is 56.3 Å². The first-order chi connectivity index (χ1) is 17.1. The molecule has 7 nitrogen and oxygen atoms in total. The summed E-state index contributed by atoms with van der Waals surface area (Å²) < 4.78 is 35.2. The summed E-state index contributed by atoms with van der Waals surface area (Å²) in [5, 5.41) is 11.5. The van der Waals surface area contributed by atoms with Gasteiger partial charge in [0.25, 0.3) is 0 Å². The highest BCUT2D eigenvalue weighted by Gasteiger charge is 2.43. The molecule has 1 heterocycles. The number of nitrogens with zero attached hydrogens (tertiary/aromatic N) is 3. The van der Waals surface area contributed by atoms with Crippen LogP contribution in [0.4, 0.5) is 0 Å². The van der Waals surface area contributed by atoms with E-state index in [9.17, 15) is 13.5 Å². The number of aliphatic hydroxyl groups excluding tert-OH is 1. The quantitative estimate of drug-likeness (QED) is 0.373. The second-order valence-corrected chi connectivity index (χ2v) is 18.3. The molecule has 0 spiro atoms. The molecular weight excluding hydrogens is 502 g/mol. The first-order valence-electron chi connectivity index (χ1n) is 12.7. The Morgan fingerprint density at radius 1 is 1.03 bits per heavy atom. The molecule has 3 rings (SSSR count). The first-order valence-corrected chi connectivity index (χ1v) is 17.1. The molecule has 0 aliphatic rings. The molecule has 0 radical (unpaired) electrons. The summed E-state index contributed by atoms with van der Waals surface area (Å²) in [4.78, 5) is 4.85. The van der Waals surface area contributed by atoms with Crippen LogP contribution in [0, 0.1) is 0 Å². The lowest BCUT2D eigenvalue weighted by Crippen LogP contribution is -2.56. The van der Waals surface area contributed by atoms with Gasteiger partial charge in [-0.15, -0.1) is 0 Å². The minimum Gasteiger partial charge on any atom is -0.457 e. The molecule has 0 fully saturated rings. The lowest BCUT2D eigenvalue weighted by atomic mass is 9.92. The van der Waals surface area contributed by atoms with Gasteiger partial charge in [0.05, 0.1) is 5.69 Å². The third-order valence-electron chi connectivity index (χ3n) is 7.46. The standard InChI is InChI=1S/C28H41N3O4SSi/c1-10-20-17-23(35-22-15-13-12-14-16-22)18-21(11-2)25(20)26(32)24-19-31(36(33,34)30(6)7)27(29-24)37(8,9)28(3,4)5/h12-19,26,32H,10-11H2,1-9H3. The molecule has 3 aromatic rings. The van der Waals surface area contributed by atoms with Crippen molar-refractivity contribution in [3.05, 3.63) is 71.0 Å². The monoisotopic (exact) mass is 543 g/mol. The molecule has 0 saturated heterocycles. The van der Waals surface area contributed by atoms with Crippen LogP contribution in [-0.2, 0) is 23.1 Å². The van der Waals surface area contributed by atoms with Gasteiger partial charge in [0.15, 0.2) is 0 Å². The zero-order chi connectivity index (χ0) is 27.8. The minimum atomic E-state index is -3.83. The predicted octanol–water partition coefficient (Wildman–Crippen LogP) is 5.25. The fourth-order valence-electron chi connectivity index (χ4n) is 4.13. The Bertz CT molecular complexity index is 1320. The van der Waals surface area contributed by atoms with Gasteiger partial charge >= 0.3 is 10.2 Å². The van der Waals surface area contributed by atoms with E-state index >= 15 is 0 Å². The SMILES string of the molecule is CCc1cc(Oc2ccccc2)cc(CC)c1C(O)c1cn(S(=O)(=O)N(C)C)c([Si](C)(C)C(C)(C)C)n1. The van der Waals surface area contributed by atoms with Gasteiger partial charge in [0, 0.05) is 20.3 Å². The zero-order valence-electron chi connectivity index (χ0n) is 23.5. The minimum absolute atomic E-state index is 0.153. The average Bonchev–Trinajstić information content (AvgIpc) is 3.30. The molecule has 1 atom stereocenters. The Kier molecular flexibility index (Phi) is 8.43. The van der Waals surface area contributed by atoms with E-state index in [1.54, 1.807) is 0 Å². The van der Waals surface area contributed by atoms with Gasteiger partial charge < -0.3 is 9.84 Å². The number of hydrogen-bond acceptors (Lipinski definition) is 5. The van der Waals surface area contributed by atoms with Crippen LogP contribution < -0.4 is 10.2 Å². The Morgan fingerprint density at radius 3 is 2.03 bits per heavy atom. The number of rotatable bonds is 9. The van der Waals surface area contributed by atoms with Gasteiger partial charge in [-0.3, -0.25) is 0 Å². The van der Waals surface area contributed by atoms with E-state index in [-0.39, 0.29) is 5.04 Å². The zero-order valence-corrected chi connectivity index (χ0v) is 25.3. The van der Waals surface area contributed by atoms with Gasteiger partial charge in [-0.2, -0.15) is 12.7 Å². The van der Waals surface area contributed by atoms with E-state index in [0.717, 1.165) is 22.4 Å². The molecule has 1 aromatic heterocycles. The molecule has 0 aliphatic carbocycles. The van der Waals surface area contributed by atoms with Crippen LogP contribution >= 0.6 is 0 Å². The van der Waals surface area contributed by atoms with Crippen molar-refractivity contribution >= 4 is 23.7 Å². The number of aliphatic hydroxyl groups is 1. The van der Waals surface area contributed by atoms with Gasteiger partial charge in [-0.05, 0) is 58.8 Å². The molecule has 1 N–H and O–H groups in total. The van der Waals surface area contributed by atoms with Crippen LogP contribution in [0.5, 0.6) is 11.5 Å². The molecular formula is C28H41N3O4SSi. The smallest absolute Gasteiger partial charge is 0.308 e. The summed E-state index contributed by atoms with van der Waals surface area (Å²) in [5.74, 6) is 1.45. The summed E-state index contributed by atoms with van der Waals surface area (Å²) in [6.45, 7) is 14.7. The third kappa shape index (κ3) is 5.69. The normalized spacial score (nSPS) is 13.7. The maximum Gasteiger partial charge on any atom is 0.308 e. The second-order valence-electron chi connectivity index (χ2n) is 11.1. The highest BCUT2D eigenvalue weighted by molar-refractivity contribution is 7.87. The number of imidazole rings is 1. The average molecular weight is 544 g/mol.